The van der Waals surface area contributed by atoms with Gasteiger partial charge in [0.15, 0.2) is 0 Å². The van der Waals surface area contributed by atoms with Crippen molar-refractivity contribution < 1.29 is 53.1 Å². The van der Waals surface area contributed by atoms with Crippen LogP contribution in [-0.4, -0.2) is 30.3 Å². The highest BCUT2D eigenvalue weighted by Crippen LogP contribution is 2.47. The van der Waals surface area contributed by atoms with Gasteiger partial charge in [0.25, 0.3) is 0 Å². The molecule has 108 valence electrons. The van der Waals surface area contributed by atoms with Gasteiger partial charge in [-0.2, -0.15) is 35.1 Å². The molecule has 0 aliphatic rings. The Hall–Kier alpha value is -1.30. The van der Waals surface area contributed by atoms with Gasteiger partial charge in [-0.3, -0.25) is 4.84 Å². The molecule has 0 aliphatic heterocycles. The van der Waals surface area contributed by atoms with Crippen molar-refractivity contribution in [2.24, 2.45) is 5.16 Å². The maximum absolute atomic E-state index is 12.2. The van der Waals surface area contributed by atoms with Gasteiger partial charge in [0.2, 0.25) is 0 Å². The van der Waals surface area contributed by atoms with E-state index in [2.05, 4.69) is 0 Å². The molecule has 0 saturated carbocycles. The summed E-state index contributed by atoms with van der Waals surface area (Å²) in [4.78, 5) is 2.02. The first-order valence-corrected chi connectivity index (χ1v) is 3.44. The highest BCUT2D eigenvalue weighted by Gasteiger charge is 2.76. The molecule has 18 heavy (non-hydrogen) atoms. The van der Waals surface area contributed by atoms with Gasteiger partial charge in [0.05, 0.1) is 0 Å². The zero-order chi connectivity index (χ0) is 15.0. The summed E-state index contributed by atoms with van der Waals surface area (Å²) < 4.78 is 129. The van der Waals surface area contributed by atoms with Crippen LogP contribution < -0.4 is 0 Å². The molecule has 0 bridgehead atoms. The average Bonchev–Trinajstić information content (AvgIpc) is 2.10. The fraction of sp³-hybridized carbons (Fsp3) is 0.800. The van der Waals surface area contributed by atoms with Crippen LogP contribution in [0.5, 0.6) is 0 Å². The van der Waals surface area contributed by atoms with Crippen LogP contribution in [0.2, 0.25) is 0 Å². The van der Waals surface area contributed by atoms with Crippen molar-refractivity contribution in [1.82, 2.24) is 0 Å². The summed E-state index contributed by atoms with van der Waals surface area (Å²) in [7, 11) is 0. The van der Waals surface area contributed by atoms with Crippen molar-refractivity contribution in [3.05, 3.63) is 0 Å². The van der Waals surface area contributed by atoms with E-state index in [9.17, 15) is 48.3 Å². The van der Waals surface area contributed by atoms with Crippen LogP contribution >= 0.6 is 0 Å². The number of hydrogen-bond donors (Lipinski definition) is 0. The number of rotatable bonds is 3. The fourth-order valence-electron chi connectivity index (χ4n) is 0.457. The first-order valence-electron chi connectivity index (χ1n) is 3.44. The van der Waals surface area contributed by atoms with E-state index in [1.807, 2.05) is 4.84 Å². The largest absolute Gasteiger partial charge is 0.593 e. The minimum absolute atomic E-state index is 0.842. The minimum atomic E-state index is -6.96. The highest BCUT2D eigenvalue weighted by molar-refractivity contribution is 5.83. The molecule has 0 amide bonds. The molecule has 0 rings (SSSR count). The van der Waals surface area contributed by atoms with Crippen molar-refractivity contribution in [2.45, 2.75) is 24.4 Å². The lowest BCUT2D eigenvalue weighted by atomic mass is 10.1. The van der Waals surface area contributed by atoms with E-state index in [0.717, 1.165) is 5.16 Å². The molecular formula is C5F11NO. The molecule has 0 N–H and O–H groups in total. The number of hydrogen-bond acceptors (Lipinski definition) is 2. The van der Waals surface area contributed by atoms with Gasteiger partial charge >= 0.3 is 30.3 Å². The summed E-state index contributed by atoms with van der Waals surface area (Å²) >= 11 is 0. The third-order valence-electron chi connectivity index (χ3n) is 1.24. The molecule has 0 aromatic heterocycles. The summed E-state index contributed by atoms with van der Waals surface area (Å²) in [5.41, 5.74) is 0. The van der Waals surface area contributed by atoms with E-state index in [-0.39, 0.29) is 0 Å². The molecule has 0 aliphatic carbocycles. The first kappa shape index (κ1) is 16.7. The SMILES string of the molecule is F/C(=N\OC(F)(F)F)C(F)(F)C(F)(F)C(F)(F)F. The molecule has 0 saturated heterocycles. The van der Waals surface area contributed by atoms with Crippen molar-refractivity contribution >= 4 is 5.97 Å². The molecule has 0 atom stereocenters. The molecular weight excluding hydrogens is 299 g/mol. The van der Waals surface area contributed by atoms with E-state index >= 15 is 0 Å². The summed E-state index contributed by atoms with van der Waals surface area (Å²) in [6, 6.07) is 0. The zero-order valence-corrected chi connectivity index (χ0v) is 7.51. The Morgan fingerprint density at radius 3 is 1.44 bits per heavy atom. The maximum atomic E-state index is 12.2. The predicted octanol–water partition coefficient (Wildman–Crippen LogP) is 3.64. The second-order valence-corrected chi connectivity index (χ2v) is 2.57. The summed E-state index contributed by atoms with van der Waals surface area (Å²) in [5.74, 6) is -17.6. The van der Waals surface area contributed by atoms with E-state index in [1.165, 1.54) is 0 Å². The molecule has 0 unspecified atom stereocenters. The lowest BCUT2D eigenvalue weighted by molar-refractivity contribution is -0.342. The van der Waals surface area contributed by atoms with Crippen molar-refractivity contribution in [3.8, 4) is 0 Å². The van der Waals surface area contributed by atoms with Gasteiger partial charge in [-0.15, -0.1) is 13.2 Å². The van der Waals surface area contributed by atoms with E-state index in [1.54, 1.807) is 0 Å². The van der Waals surface area contributed by atoms with Crippen molar-refractivity contribution in [2.75, 3.05) is 0 Å². The predicted molar refractivity (Wildman–Crippen MR) is 31.6 cm³/mol. The Bertz CT molecular complexity index is 325. The Morgan fingerprint density at radius 1 is 0.778 bits per heavy atom. The van der Waals surface area contributed by atoms with Gasteiger partial charge < -0.3 is 0 Å². The molecule has 0 radical (unpaired) electrons. The van der Waals surface area contributed by atoms with Gasteiger partial charge in [-0.05, 0) is 5.16 Å². The van der Waals surface area contributed by atoms with E-state index in [0.29, 0.717) is 0 Å². The Morgan fingerprint density at radius 2 is 1.17 bits per heavy atom. The van der Waals surface area contributed by atoms with Crippen LogP contribution in [0, 0.1) is 0 Å². The van der Waals surface area contributed by atoms with E-state index in [4.69, 9.17) is 0 Å². The molecule has 13 heteroatoms. The average molecular weight is 299 g/mol. The van der Waals surface area contributed by atoms with Gasteiger partial charge in [0.1, 0.15) is 0 Å². The lowest BCUT2D eigenvalue weighted by Crippen LogP contribution is -2.55. The third kappa shape index (κ3) is 3.35. The van der Waals surface area contributed by atoms with Crippen LogP contribution in [0.15, 0.2) is 5.16 Å². The first-order chi connectivity index (χ1) is 7.63. The Balaban J connectivity index is 5.27. The third-order valence-corrected chi connectivity index (χ3v) is 1.24. The Kier molecular flexibility index (Phi) is 4.10. The van der Waals surface area contributed by atoms with Crippen LogP contribution in [0.1, 0.15) is 0 Å². The summed E-state index contributed by atoms with van der Waals surface area (Å²) in [5, 5.41) is 0.842. The quantitative estimate of drug-likeness (QED) is 0.443. The minimum Gasteiger partial charge on any atom is -0.291 e. The number of nitrogens with zero attached hydrogens (tertiary/aromatic N) is 1. The molecule has 2 nitrogen and oxygen atoms in total. The lowest BCUT2D eigenvalue weighted by Gasteiger charge is -2.25. The van der Waals surface area contributed by atoms with Crippen LogP contribution in [-0.2, 0) is 4.84 Å². The number of alkyl halides is 10. The zero-order valence-electron chi connectivity index (χ0n) is 7.51. The second kappa shape index (κ2) is 4.42. The van der Waals surface area contributed by atoms with Gasteiger partial charge in [0, 0.05) is 0 Å². The monoisotopic (exact) mass is 299 g/mol. The van der Waals surface area contributed by atoms with Gasteiger partial charge in [-0.25, -0.2) is 0 Å². The standard InChI is InChI=1S/C5F11NO/c6-1(17-18-5(14,15)16)2(7,8)3(9,10)4(11,12)13/b17-1-. The van der Waals surface area contributed by atoms with Crippen LogP contribution in [0.3, 0.4) is 0 Å². The highest BCUT2D eigenvalue weighted by atomic mass is 19.4. The fourth-order valence-corrected chi connectivity index (χ4v) is 0.457. The van der Waals surface area contributed by atoms with Crippen molar-refractivity contribution in [1.29, 1.82) is 0 Å². The molecule has 0 fully saturated rings. The van der Waals surface area contributed by atoms with Crippen molar-refractivity contribution in [3.63, 3.8) is 0 Å². The molecule has 0 heterocycles. The summed E-state index contributed by atoms with van der Waals surface area (Å²) in [6.45, 7) is 0. The molecule has 0 aromatic carbocycles. The topological polar surface area (TPSA) is 21.6 Å². The second-order valence-electron chi connectivity index (χ2n) is 2.57. The maximum Gasteiger partial charge on any atom is 0.593 e. The normalized spacial score (nSPS) is 15.8. The molecule has 0 spiro atoms. The van der Waals surface area contributed by atoms with Crippen LogP contribution in [0.25, 0.3) is 0 Å². The van der Waals surface area contributed by atoms with Gasteiger partial charge in [-0.1, -0.05) is 0 Å². The molecule has 0 aromatic rings. The Labute approximate surface area is 90.0 Å². The number of oxime groups is 1. The summed E-state index contributed by atoms with van der Waals surface area (Å²) in [6.07, 6.45) is -12.7. The number of halogens is 11. The van der Waals surface area contributed by atoms with Crippen LogP contribution in [0.4, 0.5) is 48.3 Å². The smallest absolute Gasteiger partial charge is 0.291 e. The van der Waals surface area contributed by atoms with E-state index < -0.39 is 30.3 Å².